The quantitative estimate of drug-likeness (QED) is 0.793. The van der Waals surface area contributed by atoms with Crippen molar-refractivity contribution in [1.29, 1.82) is 0 Å². The van der Waals surface area contributed by atoms with Crippen LogP contribution in [0.3, 0.4) is 0 Å². The molecule has 0 bridgehead atoms. The zero-order valence-electron chi connectivity index (χ0n) is 12.4. The van der Waals surface area contributed by atoms with Crippen LogP contribution in [0.4, 0.5) is 0 Å². The number of amides is 1. The fraction of sp³-hybridized carbons (Fsp3) is 0.929. The number of nitrogens with zero attached hydrogens (tertiary/aromatic N) is 2. The third kappa shape index (κ3) is 3.09. The van der Waals surface area contributed by atoms with E-state index < -0.39 is 0 Å². The summed E-state index contributed by atoms with van der Waals surface area (Å²) in [6.07, 6.45) is 1.78. The summed E-state index contributed by atoms with van der Waals surface area (Å²) < 4.78 is 5.36. The molecule has 0 radical (unpaired) electrons. The molecule has 2 rings (SSSR count). The fourth-order valence-corrected chi connectivity index (χ4v) is 3.17. The van der Waals surface area contributed by atoms with Gasteiger partial charge in [-0.25, -0.2) is 0 Å². The first-order valence-electron chi connectivity index (χ1n) is 7.28. The van der Waals surface area contributed by atoms with Crippen molar-refractivity contribution >= 4 is 5.91 Å². The number of likely N-dealkylation sites (N-methyl/N-ethyl adjacent to an activating group) is 1. The SMILES string of the molecule is COCC1(C(=O)N2CCN(C)C(C)C2)CCNCC1. The third-order valence-corrected chi connectivity index (χ3v) is 4.68. The number of piperidine rings is 1. The van der Waals surface area contributed by atoms with Crippen LogP contribution >= 0.6 is 0 Å². The summed E-state index contributed by atoms with van der Waals surface area (Å²) in [6.45, 7) is 7.22. The zero-order valence-corrected chi connectivity index (χ0v) is 12.4. The summed E-state index contributed by atoms with van der Waals surface area (Å²) in [6, 6.07) is 0.444. The topological polar surface area (TPSA) is 44.8 Å². The maximum Gasteiger partial charge on any atom is 0.231 e. The van der Waals surface area contributed by atoms with Crippen LogP contribution in [0.1, 0.15) is 19.8 Å². The Labute approximate surface area is 116 Å². The van der Waals surface area contributed by atoms with Crippen molar-refractivity contribution in [2.24, 2.45) is 5.41 Å². The molecular weight excluding hydrogens is 242 g/mol. The highest BCUT2D eigenvalue weighted by atomic mass is 16.5. The minimum Gasteiger partial charge on any atom is -0.384 e. The predicted molar refractivity (Wildman–Crippen MR) is 75.1 cm³/mol. The average molecular weight is 269 g/mol. The number of piperazine rings is 1. The Morgan fingerprint density at radius 1 is 1.37 bits per heavy atom. The molecule has 0 saturated carbocycles. The number of hydrogen-bond acceptors (Lipinski definition) is 4. The van der Waals surface area contributed by atoms with Crippen molar-refractivity contribution in [3.63, 3.8) is 0 Å². The lowest BCUT2D eigenvalue weighted by atomic mass is 9.78. The van der Waals surface area contributed by atoms with E-state index in [9.17, 15) is 4.79 Å². The van der Waals surface area contributed by atoms with Gasteiger partial charge in [0.25, 0.3) is 0 Å². The van der Waals surface area contributed by atoms with Crippen LogP contribution in [0, 0.1) is 5.41 Å². The van der Waals surface area contributed by atoms with Crippen molar-refractivity contribution in [2.45, 2.75) is 25.8 Å². The number of ether oxygens (including phenoxy) is 1. The molecule has 0 aromatic heterocycles. The molecule has 5 heteroatoms. The van der Waals surface area contributed by atoms with E-state index in [1.54, 1.807) is 7.11 Å². The van der Waals surface area contributed by atoms with E-state index >= 15 is 0 Å². The molecule has 2 heterocycles. The monoisotopic (exact) mass is 269 g/mol. The first-order chi connectivity index (χ1) is 9.09. The maximum atomic E-state index is 12.9. The highest BCUT2D eigenvalue weighted by molar-refractivity contribution is 5.83. The van der Waals surface area contributed by atoms with Crippen LogP contribution < -0.4 is 5.32 Å². The van der Waals surface area contributed by atoms with E-state index in [1.165, 1.54) is 0 Å². The lowest BCUT2D eigenvalue weighted by molar-refractivity contribution is -0.150. The van der Waals surface area contributed by atoms with Crippen molar-refractivity contribution in [3.8, 4) is 0 Å². The Hall–Kier alpha value is -0.650. The molecule has 1 atom stereocenters. The van der Waals surface area contributed by atoms with E-state index in [4.69, 9.17) is 4.74 Å². The lowest BCUT2D eigenvalue weighted by Gasteiger charge is -2.44. The van der Waals surface area contributed by atoms with Crippen LogP contribution in [-0.2, 0) is 9.53 Å². The molecule has 19 heavy (non-hydrogen) atoms. The van der Waals surface area contributed by atoms with Crippen molar-refractivity contribution in [2.75, 3.05) is 53.5 Å². The van der Waals surface area contributed by atoms with Crippen LogP contribution in [0.25, 0.3) is 0 Å². The molecule has 1 amide bonds. The molecule has 110 valence electrons. The first-order valence-corrected chi connectivity index (χ1v) is 7.28. The molecule has 2 aliphatic rings. The van der Waals surface area contributed by atoms with E-state index in [2.05, 4.69) is 29.1 Å². The summed E-state index contributed by atoms with van der Waals surface area (Å²) in [7, 11) is 3.83. The number of hydrogen-bond donors (Lipinski definition) is 1. The van der Waals surface area contributed by atoms with Gasteiger partial charge in [-0.1, -0.05) is 0 Å². The van der Waals surface area contributed by atoms with Crippen LogP contribution in [-0.4, -0.2) is 75.2 Å². The number of carbonyl (C=O) groups excluding carboxylic acids is 1. The zero-order chi connectivity index (χ0) is 13.9. The summed E-state index contributed by atoms with van der Waals surface area (Å²) in [5.74, 6) is 0.302. The normalized spacial score (nSPS) is 28.4. The molecular formula is C14H27N3O2. The molecule has 1 N–H and O–H groups in total. The first kappa shape index (κ1) is 14.8. The van der Waals surface area contributed by atoms with Gasteiger partial charge in [0.2, 0.25) is 5.91 Å². The minimum atomic E-state index is -0.296. The Balaban J connectivity index is 2.06. The largest absolute Gasteiger partial charge is 0.384 e. The second-order valence-electron chi connectivity index (χ2n) is 6.04. The van der Waals surface area contributed by atoms with Crippen molar-refractivity contribution in [3.05, 3.63) is 0 Å². The number of methoxy groups -OCH3 is 1. The van der Waals surface area contributed by atoms with Gasteiger partial charge in [-0.15, -0.1) is 0 Å². The summed E-state index contributed by atoms with van der Waals surface area (Å²) >= 11 is 0. The standard InChI is InChI=1S/C14H27N3O2/c1-12-10-17(9-8-16(12)2)13(18)14(11-19-3)4-6-15-7-5-14/h12,15H,4-11H2,1-3H3. The molecule has 0 spiro atoms. The van der Waals surface area contributed by atoms with Gasteiger partial charge in [0, 0.05) is 32.8 Å². The van der Waals surface area contributed by atoms with E-state index in [0.29, 0.717) is 18.6 Å². The molecule has 2 aliphatic heterocycles. The van der Waals surface area contributed by atoms with Gasteiger partial charge >= 0.3 is 0 Å². The highest BCUT2D eigenvalue weighted by Crippen LogP contribution is 2.32. The van der Waals surface area contributed by atoms with Crippen molar-refractivity contribution in [1.82, 2.24) is 15.1 Å². The van der Waals surface area contributed by atoms with E-state index in [0.717, 1.165) is 45.6 Å². The minimum absolute atomic E-state index is 0.296. The molecule has 0 aliphatic carbocycles. The Bertz CT molecular complexity index is 310. The van der Waals surface area contributed by atoms with Gasteiger partial charge in [0.15, 0.2) is 0 Å². The van der Waals surface area contributed by atoms with Crippen LogP contribution in [0.2, 0.25) is 0 Å². The predicted octanol–water partition coefficient (Wildman–Crippen LogP) is 0.165. The Morgan fingerprint density at radius 2 is 2.05 bits per heavy atom. The molecule has 1 unspecified atom stereocenters. The van der Waals surface area contributed by atoms with Crippen molar-refractivity contribution < 1.29 is 9.53 Å². The third-order valence-electron chi connectivity index (χ3n) is 4.68. The van der Waals surface area contributed by atoms with Crippen LogP contribution in [0.5, 0.6) is 0 Å². The van der Waals surface area contributed by atoms with E-state index in [-0.39, 0.29) is 5.41 Å². The Morgan fingerprint density at radius 3 is 2.63 bits per heavy atom. The van der Waals surface area contributed by atoms with E-state index in [1.807, 2.05) is 0 Å². The Kier molecular flexibility index (Phi) is 4.81. The second kappa shape index (κ2) is 6.20. The second-order valence-corrected chi connectivity index (χ2v) is 6.04. The van der Waals surface area contributed by atoms with Gasteiger partial charge in [-0.2, -0.15) is 0 Å². The van der Waals surface area contributed by atoms with Gasteiger partial charge in [0.1, 0.15) is 0 Å². The molecule has 5 nitrogen and oxygen atoms in total. The van der Waals surface area contributed by atoms with Gasteiger partial charge in [-0.05, 0) is 39.9 Å². The summed E-state index contributed by atoms with van der Waals surface area (Å²) in [5, 5.41) is 3.34. The lowest BCUT2D eigenvalue weighted by Crippen LogP contribution is -2.58. The van der Waals surface area contributed by atoms with Gasteiger partial charge in [-0.3, -0.25) is 4.79 Å². The summed E-state index contributed by atoms with van der Waals surface area (Å²) in [5.41, 5.74) is -0.296. The van der Waals surface area contributed by atoms with Gasteiger partial charge < -0.3 is 19.9 Å². The average Bonchev–Trinajstić information content (AvgIpc) is 2.42. The van der Waals surface area contributed by atoms with Crippen LogP contribution in [0.15, 0.2) is 0 Å². The molecule has 2 saturated heterocycles. The smallest absolute Gasteiger partial charge is 0.231 e. The maximum absolute atomic E-state index is 12.9. The number of nitrogens with one attached hydrogen (secondary N) is 1. The fourth-order valence-electron chi connectivity index (χ4n) is 3.17. The molecule has 2 fully saturated rings. The molecule has 0 aromatic carbocycles. The van der Waals surface area contributed by atoms with Gasteiger partial charge in [0.05, 0.1) is 12.0 Å². The highest BCUT2D eigenvalue weighted by Gasteiger charge is 2.43. The summed E-state index contributed by atoms with van der Waals surface area (Å²) in [4.78, 5) is 17.3. The number of carbonyl (C=O) groups is 1. The molecule has 0 aromatic rings. The number of rotatable bonds is 3.